The molecule has 0 bridgehead atoms. The monoisotopic (exact) mass is 315 g/mol. The topological polar surface area (TPSA) is 68.5 Å². The van der Waals surface area contributed by atoms with Gasteiger partial charge in [0.15, 0.2) is 6.61 Å². The van der Waals surface area contributed by atoms with Gasteiger partial charge in [0.25, 0.3) is 5.91 Å². The number of amides is 1. The first-order chi connectivity index (χ1) is 11.1. The summed E-state index contributed by atoms with van der Waals surface area (Å²) < 4.78 is 10.7. The lowest BCUT2D eigenvalue weighted by Gasteiger charge is -2.33. The van der Waals surface area contributed by atoms with Crippen LogP contribution in [0, 0.1) is 6.92 Å². The molecule has 3 rings (SSSR count). The average Bonchev–Trinajstić information content (AvgIpc) is 2.98. The number of benzene rings is 1. The van der Waals surface area contributed by atoms with Crippen molar-refractivity contribution in [1.82, 2.24) is 15.0 Å². The highest BCUT2D eigenvalue weighted by Crippen LogP contribution is 2.25. The lowest BCUT2D eigenvalue weighted by Crippen LogP contribution is -2.42. The molecule has 122 valence electrons. The molecule has 1 aliphatic heterocycles. The van der Waals surface area contributed by atoms with Gasteiger partial charge in [0.1, 0.15) is 5.75 Å². The number of carbonyl (C=O) groups is 1. The summed E-state index contributed by atoms with van der Waals surface area (Å²) >= 11 is 0. The number of nitrogens with zero attached hydrogens (tertiary/aromatic N) is 3. The largest absolute Gasteiger partial charge is 0.485 e. The van der Waals surface area contributed by atoms with E-state index in [9.17, 15) is 4.79 Å². The fourth-order valence-electron chi connectivity index (χ4n) is 2.87. The summed E-state index contributed by atoms with van der Waals surface area (Å²) in [6.45, 7) is 4.81. The molecule has 6 nitrogen and oxygen atoms in total. The van der Waals surface area contributed by atoms with Gasteiger partial charge >= 0.3 is 0 Å². The van der Waals surface area contributed by atoms with Gasteiger partial charge in [-0.2, -0.15) is 4.98 Å². The van der Waals surface area contributed by atoms with Crippen LogP contribution in [0.3, 0.4) is 0 Å². The molecule has 1 atom stereocenters. The molecular weight excluding hydrogens is 294 g/mol. The maximum Gasteiger partial charge on any atom is 0.257 e. The van der Waals surface area contributed by atoms with Crippen molar-refractivity contribution >= 4 is 5.91 Å². The zero-order valence-corrected chi connectivity index (χ0v) is 13.5. The van der Waals surface area contributed by atoms with E-state index in [4.69, 9.17) is 9.26 Å². The van der Waals surface area contributed by atoms with E-state index in [1.165, 1.54) is 6.42 Å². The summed E-state index contributed by atoms with van der Waals surface area (Å²) in [7, 11) is 0. The van der Waals surface area contributed by atoms with E-state index in [-0.39, 0.29) is 18.6 Å². The lowest BCUT2D eigenvalue weighted by atomic mass is 10.0. The van der Waals surface area contributed by atoms with Crippen LogP contribution in [0.2, 0.25) is 0 Å². The second-order valence-electron chi connectivity index (χ2n) is 5.86. The number of piperidine rings is 1. The predicted molar refractivity (Wildman–Crippen MR) is 84.2 cm³/mol. The Balaban J connectivity index is 1.75. The van der Waals surface area contributed by atoms with Crippen LogP contribution in [0.25, 0.3) is 0 Å². The third-order valence-electron chi connectivity index (χ3n) is 4.11. The Morgan fingerprint density at radius 1 is 1.39 bits per heavy atom. The van der Waals surface area contributed by atoms with Gasteiger partial charge in [-0.1, -0.05) is 17.3 Å². The Morgan fingerprint density at radius 2 is 2.22 bits per heavy atom. The molecule has 1 aliphatic rings. The van der Waals surface area contributed by atoms with Crippen molar-refractivity contribution in [3.05, 3.63) is 41.5 Å². The highest BCUT2D eigenvalue weighted by Gasteiger charge is 2.26. The second-order valence-corrected chi connectivity index (χ2v) is 5.86. The minimum atomic E-state index is 0.0251. The summed E-state index contributed by atoms with van der Waals surface area (Å²) in [4.78, 5) is 18.9. The van der Waals surface area contributed by atoms with Crippen molar-refractivity contribution in [3.8, 4) is 5.75 Å². The Morgan fingerprint density at radius 3 is 2.96 bits per heavy atom. The van der Waals surface area contributed by atoms with Crippen molar-refractivity contribution in [2.24, 2.45) is 0 Å². The molecule has 2 aromatic rings. The van der Waals surface area contributed by atoms with Crippen LogP contribution in [0.15, 0.2) is 28.8 Å². The molecular formula is C17H21N3O3. The average molecular weight is 315 g/mol. The smallest absolute Gasteiger partial charge is 0.257 e. The Labute approximate surface area is 135 Å². The molecule has 23 heavy (non-hydrogen) atoms. The molecule has 0 saturated carbocycles. The lowest BCUT2D eigenvalue weighted by molar-refractivity contribution is 0.0630. The SMILES string of the molecule is Cc1nc(COc2ccccc2C(=O)N2CCCCC2C)no1. The quantitative estimate of drug-likeness (QED) is 0.867. The van der Waals surface area contributed by atoms with Gasteiger partial charge in [0.2, 0.25) is 11.7 Å². The van der Waals surface area contributed by atoms with Crippen molar-refractivity contribution < 1.29 is 14.1 Å². The summed E-state index contributed by atoms with van der Waals surface area (Å²) in [5, 5.41) is 3.80. The van der Waals surface area contributed by atoms with Crippen molar-refractivity contribution in [2.45, 2.75) is 45.8 Å². The van der Waals surface area contributed by atoms with Crippen LogP contribution in [-0.2, 0) is 6.61 Å². The molecule has 0 aliphatic carbocycles. The van der Waals surface area contributed by atoms with Gasteiger partial charge in [-0.3, -0.25) is 4.79 Å². The first-order valence-electron chi connectivity index (χ1n) is 7.97. The molecule has 0 N–H and O–H groups in total. The van der Waals surface area contributed by atoms with Crippen LogP contribution >= 0.6 is 0 Å². The van der Waals surface area contributed by atoms with Gasteiger partial charge < -0.3 is 14.2 Å². The third kappa shape index (κ3) is 3.52. The van der Waals surface area contributed by atoms with Crippen LogP contribution in [-0.4, -0.2) is 33.5 Å². The standard InChI is InChI=1S/C17H21N3O3/c1-12-7-5-6-10-20(12)17(21)14-8-3-4-9-15(14)22-11-16-18-13(2)23-19-16/h3-4,8-9,12H,5-7,10-11H2,1-2H3. The van der Waals surface area contributed by atoms with Gasteiger partial charge in [0, 0.05) is 19.5 Å². The highest BCUT2D eigenvalue weighted by molar-refractivity contribution is 5.97. The molecule has 1 aromatic carbocycles. The molecule has 0 spiro atoms. The van der Waals surface area contributed by atoms with E-state index < -0.39 is 0 Å². The van der Waals surface area contributed by atoms with Gasteiger partial charge in [-0.25, -0.2) is 0 Å². The number of aryl methyl sites for hydroxylation is 1. The molecule has 0 radical (unpaired) electrons. The zero-order chi connectivity index (χ0) is 16.2. The number of rotatable bonds is 4. The summed E-state index contributed by atoms with van der Waals surface area (Å²) in [6, 6.07) is 7.58. The van der Waals surface area contributed by atoms with E-state index in [0.29, 0.717) is 23.0 Å². The predicted octanol–water partition coefficient (Wildman–Crippen LogP) is 2.97. The van der Waals surface area contributed by atoms with Crippen LogP contribution in [0.4, 0.5) is 0 Å². The third-order valence-corrected chi connectivity index (χ3v) is 4.11. The maximum atomic E-state index is 12.8. The molecule has 2 heterocycles. The van der Waals surface area contributed by atoms with Crippen molar-refractivity contribution in [3.63, 3.8) is 0 Å². The highest BCUT2D eigenvalue weighted by atomic mass is 16.5. The van der Waals surface area contributed by atoms with Crippen molar-refractivity contribution in [2.75, 3.05) is 6.54 Å². The van der Waals surface area contributed by atoms with Crippen LogP contribution in [0.5, 0.6) is 5.75 Å². The van der Waals surface area contributed by atoms with E-state index in [2.05, 4.69) is 17.1 Å². The molecule has 6 heteroatoms. The van der Waals surface area contributed by atoms with Crippen molar-refractivity contribution in [1.29, 1.82) is 0 Å². The van der Waals surface area contributed by atoms with Gasteiger partial charge in [0.05, 0.1) is 5.56 Å². The number of aromatic nitrogens is 2. The van der Waals surface area contributed by atoms with Gasteiger partial charge in [-0.05, 0) is 38.3 Å². The Bertz CT molecular complexity index is 683. The number of hydrogen-bond donors (Lipinski definition) is 0. The number of hydrogen-bond acceptors (Lipinski definition) is 5. The number of ether oxygens (including phenoxy) is 1. The Kier molecular flexibility index (Phi) is 4.60. The van der Waals surface area contributed by atoms with E-state index in [1.54, 1.807) is 19.1 Å². The normalized spacial score (nSPS) is 18.0. The first-order valence-corrected chi connectivity index (χ1v) is 7.97. The Hall–Kier alpha value is -2.37. The number of likely N-dealkylation sites (tertiary alicyclic amines) is 1. The first kappa shape index (κ1) is 15.5. The molecule has 1 amide bonds. The summed E-state index contributed by atoms with van der Waals surface area (Å²) in [5.41, 5.74) is 0.585. The molecule has 1 aromatic heterocycles. The maximum absolute atomic E-state index is 12.8. The number of para-hydroxylation sites is 1. The van der Waals surface area contributed by atoms with E-state index >= 15 is 0 Å². The minimum absolute atomic E-state index is 0.0251. The fraction of sp³-hybridized carbons (Fsp3) is 0.471. The molecule has 1 saturated heterocycles. The van der Waals surface area contributed by atoms with E-state index in [0.717, 1.165) is 19.4 Å². The van der Waals surface area contributed by atoms with Crippen LogP contribution < -0.4 is 4.74 Å². The zero-order valence-electron chi connectivity index (χ0n) is 13.5. The molecule has 1 unspecified atom stereocenters. The summed E-state index contributed by atoms with van der Waals surface area (Å²) in [5.74, 6) is 1.54. The second kappa shape index (κ2) is 6.81. The van der Waals surface area contributed by atoms with Gasteiger partial charge in [-0.15, -0.1) is 0 Å². The minimum Gasteiger partial charge on any atom is -0.485 e. The summed E-state index contributed by atoms with van der Waals surface area (Å²) in [6.07, 6.45) is 3.29. The van der Waals surface area contributed by atoms with E-state index in [1.807, 2.05) is 17.0 Å². The fourth-order valence-corrected chi connectivity index (χ4v) is 2.87. The number of carbonyl (C=O) groups excluding carboxylic acids is 1. The van der Waals surface area contributed by atoms with Crippen LogP contribution in [0.1, 0.15) is 48.3 Å². The molecule has 1 fully saturated rings.